The summed E-state index contributed by atoms with van der Waals surface area (Å²) in [5, 5.41) is 11.7. The molecular weight excluding hydrogens is 552 g/mol. The van der Waals surface area contributed by atoms with Crippen LogP contribution in [-0.4, -0.2) is 58.1 Å². The summed E-state index contributed by atoms with van der Waals surface area (Å²) in [4.78, 5) is 42.7. The van der Waals surface area contributed by atoms with Crippen LogP contribution in [0.25, 0.3) is 10.8 Å². The molecule has 4 aromatic carbocycles. The highest BCUT2D eigenvalue weighted by Gasteiger charge is 2.37. The van der Waals surface area contributed by atoms with Crippen molar-refractivity contribution in [3.05, 3.63) is 119 Å². The average molecular weight is 593 g/mol. The number of carbonyl (C=O) groups excluding carboxylic acids is 2. The predicted molar refractivity (Wildman–Crippen MR) is 172 cm³/mol. The lowest BCUT2D eigenvalue weighted by Crippen LogP contribution is -2.48. The minimum atomic E-state index is -1.07. The Bertz CT molecular complexity index is 1640. The number of nitrogens with zero attached hydrogens (tertiary/aromatic N) is 2. The van der Waals surface area contributed by atoms with Gasteiger partial charge in [0.2, 0.25) is 0 Å². The topological polar surface area (TPSA) is 87.2 Å². The van der Waals surface area contributed by atoms with Crippen molar-refractivity contribution < 1.29 is 24.2 Å². The van der Waals surface area contributed by atoms with E-state index in [-0.39, 0.29) is 35.4 Å². The minimum Gasteiger partial charge on any atom is -0.478 e. The zero-order valence-corrected chi connectivity index (χ0v) is 25.8. The van der Waals surface area contributed by atoms with Gasteiger partial charge in [0.1, 0.15) is 5.60 Å². The molecule has 2 amide bonds. The van der Waals surface area contributed by atoms with E-state index in [9.17, 15) is 19.5 Å². The fraction of sp³-hybridized carbons (Fsp3) is 0.324. The van der Waals surface area contributed by atoms with Crippen molar-refractivity contribution in [1.82, 2.24) is 9.80 Å². The number of hydrogen-bond donors (Lipinski definition) is 1. The van der Waals surface area contributed by atoms with E-state index >= 15 is 0 Å². The monoisotopic (exact) mass is 592 g/mol. The van der Waals surface area contributed by atoms with Crippen LogP contribution in [0.2, 0.25) is 0 Å². The smallest absolute Gasteiger partial charge is 0.410 e. The van der Waals surface area contributed by atoms with Crippen LogP contribution in [0.1, 0.15) is 77.9 Å². The number of carbonyl (C=O) groups is 3. The zero-order chi connectivity index (χ0) is 31.4. The molecule has 2 unspecified atom stereocenters. The summed E-state index contributed by atoms with van der Waals surface area (Å²) >= 11 is 0. The maximum Gasteiger partial charge on any atom is 0.410 e. The van der Waals surface area contributed by atoms with Crippen molar-refractivity contribution >= 4 is 28.7 Å². The van der Waals surface area contributed by atoms with Gasteiger partial charge in [0.05, 0.1) is 11.6 Å². The molecule has 0 bridgehead atoms. The Morgan fingerprint density at radius 3 is 2.30 bits per heavy atom. The Morgan fingerprint density at radius 2 is 1.57 bits per heavy atom. The van der Waals surface area contributed by atoms with Crippen molar-refractivity contribution in [2.45, 2.75) is 51.7 Å². The van der Waals surface area contributed by atoms with Crippen molar-refractivity contribution in [1.29, 1.82) is 0 Å². The molecule has 0 aromatic heterocycles. The third kappa shape index (κ3) is 6.94. The second kappa shape index (κ2) is 12.9. The van der Waals surface area contributed by atoms with Crippen LogP contribution in [0.3, 0.4) is 0 Å². The number of carboxylic acid groups (broad SMARTS) is 1. The minimum absolute atomic E-state index is 0.0405. The third-order valence-corrected chi connectivity index (χ3v) is 8.43. The Morgan fingerprint density at radius 1 is 0.909 bits per heavy atom. The summed E-state index contributed by atoms with van der Waals surface area (Å²) in [6, 6.07) is 30.4. The standard InChI is InChI=1S/C37H40N2O5/c1-25(31-19-11-15-26-14-8-9-18-32(26)31)39(36(43)44-37(2,3)4)23-30-20-21-38(24-33(30)27-12-6-5-7-13-27)34(40)28-16-10-17-29(22-28)35(41)42/h5-19,22,25,30,33H,20-21,23-24H2,1-4H3,(H,41,42)/t25-,30?,33?/m1/s1. The second-order valence-corrected chi connectivity index (χ2v) is 12.6. The van der Waals surface area contributed by atoms with E-state index in [0.29, 0.717) is 31.6 Å². The molecule has 1 fully saturated rings. The highest BCUT2D eigenvalue weighted by atomic mass is 16.6. The largest absolute Gasteiger partial charge is 0.478 e. The van der Waals surface area contributed by atoms with Gasteiger partial charge in [-0.05, 0) is 80.1 Å². The Hall–Kier alpha value is -4.65. The molecule has 0 saturated carbocycles. The molecule has 1 N–H and O–H groups in total. The van der Waals surface area contributed by atoms with Crippen LogP contribution < -0.4 is 0 Å². The van der Waals surface area contributed by atoms with Crippen LogP contribution in [0.15, 0.2) is 97.1 Å². The Labute approximate surface area is 259 Å². The van der Waals surface area contributed by atoms with Crippen LogP contribution in [0.5, 0.6) is 0 Å². The fourth-order valence-electron chi connectivity index (χ4n) is 6.20. The van der Waals surface area contributed by atoms with Crippen molar-refractivity contribution in [3.63, 3.8) is 0 Å². The highest BCUT2D eigenvalue weighted by molar-refractivity contribution is 5.97. The number of likely N-dealkylation sites (tertiary alicyclic amines) is 1. The molecule has 4 aromatic rings. The highest BCUT2D eigenvalue weighted by Crippen LogP contribution is 2.37. The summed E-state index contributed by atoms with van der Waals surface area (Å²) in [7, 11) is 0. The number of rotatable bonds is 7. The first kappa shape index (κ1) is 30.8. The van der Waals surface area contributed by atoms with E-state index in [1.165, 1.54) is 12.1 Å². The van der Waals surface area contributed by atoms with E-state index in [1.807, 2.05) is 62.1 Å². The van der Waals surface area contributed by atoms with E-state index < -0.39 is 11.6 Å². The first-order valence-corrected chi connectivity index (χ1v) is 15.2. The van der Waals surface area contributed by atoms with Crippen LogP contribution in [-0.2, 0) is 4.74 Å². The maximum atomic E-state index is 13.9. The lowest BCUT2D eigenvalue weighted by Gasteiger charge is -2.42. The first-order valence-electron chi connectivity index (χ1n) is 15.2. The molecule has 1 heterocycles. The van der Waals surface area contributed by atoms with Gasteiger partial charge in [0, 0.05) is 31.1 Å². The van der Waals surface area contributed by atoms with E-state index in [4.69, 9.17) is 4.74 Å². The summed E-state index contributed by atoms with van der Waals surface area (Å²) in [6.07, 6.45) is 0.305. The molecule has 44 heavy (non-hydrogen) atoms. The quantitative estimate of drug-likeness (QED) is 0.237. The first-order chi connectivity index (χ1) is 21.0. The van der Waals surface area contributed by atoms with Gasteiger partial charge in [0.15, 0.2) is 0 Å². The number of benzene rings is 4. The predicted octanol–water partition coefficient (Wildman–Crippen LogP) is 7.78. The summed E-state index contributed by atoms with van der Waals surface area (Å²) in [5.74, 6) is -1.25. The Balaban J connectivity index is 1.47. The third-order valence-electron chi connectivity index (χ3n) is 8.43. The van der Waals surface area contributed by atoms with Gasteiger partial charge in [-0.2, -0.15) is 0 Å². The summed E-state index contributed by atoms with van der Waals surface area (Å²) < 4.78 is 5.96. The molecule has 1 aliphatic rings. The van der Waals surface area contributed by atoms with Crippen molar-refractivity contribution in [2.24, 2.45) is 5.92 Å². The number of piperidine rings is 1. The van der Waals surface area contributed by atoms with Gasteiger partial charge in [-0.15, -0.1) is 0 Å². The number of hydrogen-bond acceptors (Lipinski definition) is 4. The number of aromatic carboxylic acids is 1. The van der Waals surface area contributed by atoms with Crippen molar-refractivity contribution in [2.75, 3.05) is 19.6 Å². The molecule has 3 atom stereocenters. The summed E-state index contributed by atoms with van der Waals surface area (Å²) in [6.45, 7) is 9.09. The number of amides is 2. The molecule has 0 radical (unpaired) electrons. The SMILES string of the molecule is C[C@H](c1cccc2ccccc12)N(CC1CCN(C(=O)c2cccc(C(=O)O)c2)CC1c1ccccc1)C(=O)OC(C)(C)C. The van der Waals surface area contributed by atoms with Gasteiger partial charge in [-0.3, -0.25) is 4.79 Å². The Kier molecular flexibility index (Phi) is 9.04. The number of ether oxygens (including phenoxy) is 1. The molecular formula is C37H40N2O5. The van der Waals surface area contributed by atoms with Gasteiger partial charge in [-0.25, -0.2) is 9.59 Å². The van der Waals surface area contributed by atoms with Gasteiger partial charge in [-0.1, -0.05) is 78.9 Å². The normalized spacial score (nSPS) is 17.6. The second-order valence-electron chi connectivity index (χ2n) is 12.6. The van der Waals surface area contributed by atoms with E-state index in [1.54, 1.807) is 17.0 Å². The number of fused-ring (bicyclic) bond motifs is 1. The van der Waals surface area contributed by atoms with Gasteiger partial charge < -0.3 is 19.6 Å². The molecule has 1 saturated heterocycles. The maximum absolute atomic E-state index is 13.9. The number of carboxylic acids is 1. The van der Waals surface area contributed by atoms with E-state index in [2.05, 4.69) is 43.3 Å². The van der Waals surface area contributed by atoms with Crippen molar-refractivity contribution in [3.8, 4) is 0 Å². The van der Waals surface area contributed by atoms with Crippen LogP contribution >= 0.6 is 0 Å². The zero-order valence-electron chi connectivity index (χ0n) is 25.8. The molecule has 7 nitrogen and oxygen atoms in total. The lowest BCUT2D eigenvalue weighted by atomic mass is 9.79. The molecule has 228 valence electrons. The van der Waals surface area contributed by atoms with Gasteiger partial charge in [0.25, 0.3) is 5.91 Å². The molecule has 7 heteroatoms. The summed E-state index contributed by atoms with van der Waals surface area (Å²) in [5.41, 5.74) is 1.93. The lowest BCUT2D eigenvalue weighted by molar-refractivity contribution is 0.00908. The average Bonchev–Trinajstić information content (AvgIpc) is 3.02. The molecule has 5 rings (SSSR count). The van der Waals surface area contributed by atoms with Crippen LogP contribution in [0, 0.1) is 5.92 Å². The van der Waals surface area contributed by atoms with Gasteiger partial charge >= 0.3 is 12.1 Å². The fourth-order valence-corrected chi connectivity index (χ4v) is 6.20. The molecule has 0 aliphatic carbocycles. The molecule has 0 spiro atoms. The van der Waals surface area contributed by atoms with E-state index in [0.717, 1.165) is 21.9 Å². The van der Waals surface area contributed by atoms with Crippen LogP contribution in [0.4, 0.5) is 4.79 Å². The molecule has 1 aliphatic heterocycles.